The van der Waals surface area contributed by atoms with E-state index in [-0.39, 0.29) is 0 Å². The van der Waals surface area contributed by atoms with Crippen LogP contribution in [0.2, 0.25) is 0 Å². The molecule has 0 spiro atoms. The Balaban J connectivity index is 1.58. The molecule has 5 heteroatoms. The quantitative estimate of drug-likeness (QED) is 0.543. The van der Waals surface area contributed by atoms with Crippen LogP contribution in [0.3, 0.4) is 0 Å². The minimum Gasteiger partial charge on any atom is -0.384 e. The zero-order valence-corrected chi connectivity index (χ0v) is 16.9. The minimum absolute atomic E-state index is 0.619. The fourth-order valence-electron chi connectivity index (χ4n) is 3.70. The molecule has 1 aliphatic rings. The van der Waals surface area contributed by atoms with Gasteiger partial charge in [0.25, 0.3) is 0 Å². The highest BCUT2D eigenvalue weighted by molar-refractivity contribution is 6.07. The third-order valence-corrected chi connectivity index (χ3v) is 5.19. The molecule has 0 saturated heterocycles. The second-order valence-electron chi connectivity index (χ2n) is 7.30. The first-order valence-electron chi connectivity index (χ1n) is 10.6. The molecular formula is C24H30N2O3. The van der Waals surface area contributed by atoms with E-state index in [0.29, 0.717) is 26.4 Å². The van der Waals surface area contributed by atoms with E-state index in [1.165, 1.54) is 32.9 Å². The van der Waals surface area contributed by atoms with Crippen molar-refractivity contribution in [1.82, 2.24) is 0 Å². The Hall–Kier alpha value is -2.34. The van der Waals surface area contributed by atoms with Crippen molar-refractivity contribution in [3.63, 3.8) is 0 Å². The van der Waals surface area contributed by atoms with Gasteiger partial charge in [0, 0.05) is 48.5 Å². The Morgan fingerprint density at radius 3 is 1.55 bits per heavy atom. The van der Waals surface area contributed by atoms with Gasteiger partial charge in [0.05, 0.1) is 26.4 Å². The molecule has 0 radical (unpaired) electrons. The second-order valence-corrected chi connectivity index (χ2v) is 7.30. The topological polar surface area (TPSA) is 51.8 Å². The van der Waals surface area contributed by atoms with Gasteiger partial charge in [0.1, 0.15) is 0 Å². The molecule has 3 aromatic rings. The first-order valence-corrected chi connectivity index (χ1v) is 10.6. The van der Waals surface area contributed by atoms with E-state index in [4.69, 9.17) is 14.2 Å². The van der Waals surface area contributed by atoms with Crippen LogP contribution in [0.15, 0.2) is 48.5 Å². The van der Waals surface area contributed by atoms with Crippen LogP contribution < -0.4 is 10.6 Å². The SMILES string of the molecule is c1cc2c3cc4c(cccc4cc3c1)NCCCOCCOCCOCCCN2. The van der Waals surface area contributed by atoms with E-state index in [2.05, 4.69) is 59.2 Å². The van der Waals surface area contributed by atoms with Crippen LogP contribution in [0, 0.1) is 0 Å². The zero-order chi connectivity index (χ0) is 19.7. The molecule has 29 heavy (non-hydrogen) atoms. The van der Waals surface area contributed by atoms with Crippen molar-refractivity contribution in [3.8, 4) is 0 Å². The van der Waals surface area contributed by atoms with E-state index in [1.807, 2.05) is 0 Å². The van der Waals surface area contributed by atoms with E-state index in [1.54, 1.807) is 0 Å². The summed E-state index contributed by atoms with van der Waals surface area (Å²) in [4.78, 5) is 0. The van der Waals surface area contributed by atoms with Gasteiger partial charge in [-0.1, -0.05) is 24.3 Å². The second kappa shape index (κ2) is 10.4. The number of hydrogen-bond acceptors (Lipinski definition) is 5. The van der Waals surface area contributed by atoms with Crippen LogP contribution in [0.4, 0.5) is 11.4 Å². The summed E-state index contributed by atoms with van der Waals surface area (Å²) < 4.78 is 16.8. The van der Waals surface area contributed by atoms with E-state index in [9.17, 15) is 0 Å². The van der Waals surface area contributed by atoms with Gasteiger partial charge in [-0.25, -0.2) is 0 Å². The van der Waals surface area contributed by atoms with Gasteiger partial charge in [0.2, 0.25) is 0 Å². The Kier molecular flexibility index (Phi) is 7.18. The lowest BCUT2D eigenvalue weighted by atomic mass is 10.0. The first-order chi connectivity index (χ1) is 14.4. The molecule has 1 aliphatic heterocycles. The van der Waals surface area contributed by atoms with Crippen LogP contribution in [0.1, 0.15) is 12.8 Å². The van der Waals surface area contributed by atoms with Gasteiger partial charge in [-0.15, -0.1) is 0 Å². The molecule has 0 aromatic heterocycles. The van der Waals surface area contributed by atoms with Crippen LogP contribution in [-0.2, 0) is 14.2 Å². The van der Waals surface area contributed by atoms with Gasteiger partial charge in [-0.3, -0.25) is 0 Å². The third-order valence-electron chi connectivity index (χ3n) is 5.19. The Morgan fingerprint density at radius 1 is 0.552 bits per heavy atom. The van der Waals surface area contributed by atoms with Gasteiger partial charge in [-0.05, 0) is 47.9 Å². The molecule has 0 aliphatic carbocycles. The summed E-state index contributed by atoms with van der Waals surface area (Å²) in [6, 6.07) is 17.5. The van der Waals surface area contributed by atoms with Crippen LogP contribution in [0.25, 0.3) is 21.5 Å². The van der Waals surface area contributed by atoms with Gasteiger partial charge < -0.3 is 24.8 Å². The maximum absolute atomic E-state index is 5.66. The van der Waals surface area contributed by atoms with Crippen molar-refractivity contribution in [2.75, 3.05) is 63.4 Å². The largest absolute Gasteiger partial charge is 0.384 e. The van der Waals surface area contributed by atoms with Crippen molar-refractivity contribution in [2.45, 2.75) is 12.8 Å². The third kappa shape index (κ3) is 5.38. The predicted molar refractivity (Wildman–Crippen MR) is 120 cm³/mol. The van der Waals surface area contributed by atoms with E-state index < -0.39 is 0 Å². The lowest BCUT2D eigenvalue weighted by molar-refractivity contribution is 0.0145. The molecule has 3 aromatic carbocycles. The summed E-state index contributed by atoms with van der Waals surface area (Å²) in [5, 5.41) is 12.2. The Bertz CT molecular complexity index is 858. The number of anilines is 2. The molecule has 0 atom stereocenters. The molecule has 1 heterocycles. The molecule has 154 valence electrons. The van der Waals surface area contributed by atoms with Crippen molar-refractivity contribution < 1.29 is 14.2 Å². The monoisotopic (exact) mass is 394 g/mol. The summed E-state index contributed by atoms with van der Waals surface area (Å²) >= 11 is 0. The fraction of sp³-hybridized carbons (Fsp3) is 0.417. The molecule has 4 rings (SSSR count). The van der Waals surface area contributed by atoms with Gasteiger partial charge in [0.15, 0.2) is 0 Å². The molecule has 0 saturated carbocycles. The van der Waals surface area contributed by atoms with Crippen molar-refractivity contribution >= 4 is 32.9 Å². The highest BCUT2D eigenvalue weighted by atomic mass is 16.5. The maximum Gasteiger partial charge on any atom is 0.0701 e. The molecular weight excluding hydrogens is 364 g/mol. The highest BCUT2D eigenvalue weighted by Crippen LogP contribution is 2.32. The van der Waals surface area contributed by atoms with Gasteiger partial charge in [-0.2, -0.15) is 0 Å². The van der Waals surface area contributed by atoms with Crippen molar-refractivity contribution in [3.05, 3.63) is 48.5 Å². The first kappa shape index (κ1) is 20.0. The molecule has 0 unspecified atom stereocenters. The molecule has 5 nitrogen and oxygen atoms in total. The number of benzene rings is 3. The summed E-state index contributed by atoms with van der Waals surface area (Å²) in [5.74, 6) is 0. The standard InChI is InChI=1S/C24H30N2O3/c1-5-19-17-20-6-2-8-24-22(20)18-21(19)23(7-1)25-9-3-11-27-13-15-29-16-14-28-12-4-10-26-24/h1-2,5-8,17-18,25-26H,3-4,9-16H2. The summed E-state index contributed by atoms with van der Waals surface area (Å²) in [5.41, 5.74) is 2.34. The Labute approximate surface area is 172 Å². The fourth-order valence-corrected chi connectivity index (χ4v) is 3.70. The molecule has 0 amide bonds. The molecule has 0 fully saturated rings. The number of hydrogen-bond donors (Lipinski definition) is 2. The van der Waals surface area contributed by atoms with Crippen LogP contribution in [0.5, 0.6) is 0 Å². The highest BCUT2D eigenvalue weighted by Gasteiger charge is 2.06. The summed E-state index contributed by atoms with van der Waals surface area (Å²) in [6.07, 6.45) is 1.92. The minimum atomic E-state index is 0.619. The molecule has 2 N–H and O–H groups in total. The molecule has 2 bridgehead atoms. The maximum atomic E-state index is 5.66. The van der Waals surface area contributed by atoms with E-state index >= 15 is 0 Å². The number of nitrogens with one attached hydrogen (secondary N) is 2. The normalized spacial score (nSPS) is 17.8. The zero-order valence-electron chi connectivity index (χ0n) is 16.9. The predicted octanol–water partition coefficient (Wildman–Crippen LogP) is 4.66. The Morgan fingerprint density at radius 2 is 1.03 bits per heavy atom. The van der Waals surface area contributed by atoms with Crippen LogP contribution >= 0.6 is 0 Å². The van der Waals surface area contributed by atoms with Crippen molar-refractivity contribution in [1.29, 1.82) is 0 Å². The number of rotatable bonds is 0. The van der Waals surface area contributed by atoms with Gasteiger partial charge >= 0.3 is 0 Å². The lowest BCUT2D eigenvalue weighted by Gasteiger charge is -2.14. The average molecular weight is 395 g/mol. The van der Waals surface area contributed by atoms with E-state index in [0.717, 1.165) is 39.1 Å². The smallest absolute Gasteiger partial charge is 0.0701 e. The average Bonchev–Trinajstić information content (AvgIpc) is 2.74. The summed E-state index contributed by atoms with van der Waals surface area (Å²) in [6.45, 7) is 5.73. The van der Waals surface area contributed by atoms with Crippen LogP contribution in [-0.4, -0.2) is 52.7 Å². The van der Waals surface area contributed by atoms with Crippen molar-refractivity contribution in [2.24, 2.45) is 0 Å². The lowest BCUT2D eigenvalue weighted by Crippen LogP contribution is -2.12. The summed E-state index contributed by atoms with van der Waals surface area (Å²) in [7, 11) is 0. The number of ether oxygens (including phenoxy) is 3.